The van der Waals surface area contributed by atoms with Crippen LogP contribution in [0.5, 0.6) is 0 Å². The third-order valence-electron chi connectivity index (χ3n) is 5.78. The second kappa shape index (κ2) is 8.58. The summed E-state index contributed by atoms with van der Waals surface area (Å²) in [5, 5.41) is 11.0. The number of non-ortho nitro benzene ring substituents is 1. The molecule has 2 atom stereocenters. The van der Waals surface area contributed by atoms with Crippen LogP contribution in [0.2, 0.25) is 0 Å². The first-order valence-electron chi connectivity index (χ1n) is 9.81. The lowest BCUT2D eigenvalue weighted by atomic mass is 9.78. The molecule has 1 aliphatic carbocycles. The summed E-state index contributed by atoms with van der Waals surface area (Å²) < 4.78 is 5.27. The summed E-state index contributed by atoms with van der Waals surface area (Å²) in [5.74, 6) is -0.348. The summed E-state index contributed by atoms with van der Waals surface area (Å²) in [6.07, 6.45) is 6.67. The molecule has 0 bridgehead atoms. The van der Waals surface area contributed by atoms with Gasteiger partial charge in [0.05, 0.1) is 16.2 Å². The van der Waals surface area contributed by atoms with Gasteiger partial charge in [0.2, 0.25) is 0 Å². The van der Waals surface area contributed by atoms with E-state index in [-0.39, 0.29) is 29.8 Å². The number of hydrogen-bond donors (Lipinski definition) is 0. The third kappa shape index (κ3) is 4.26. The number of piperidine rings is 1. The average molecular weight is 389 g/mol. The van der Waals surface area contributed by atoms with Gasteiger partial charge in [-0.1, -0.05) is 12.8 Å². The van der Waals surface area contributed by atoms with Crippen molar-refractivity contribution in [1.82, 2.24) is 4.90 Å². The van der Waals surface area contributed by atoms with Crippen molar-refractivity contribution in [3.05, 3.63) is 33.9 Å². The van der Waals surface area contributed by atoms with Gasteiger partial charge in [-0.15, -0.1) is 0 Å². The summed E-state index contributed by atoms with van der Waals surface area (Å²) in [5.41, 5.74) is 0.402. The molecule has 0 radical (unpaired) electrons. The smallest absolute Gasteiger partial charge is 0.341 e. The van der Waals surface area contributed by atoms with E-state index >= 15 is 0 Å². The minimum atomic E-state index is -0.724. The molecule has 0 N–H and O–H groups in total. The van der Waals surface area contributed by atoms with Gasteiger partial charge in [0.1, 0.15) is 0 Å². The van der Waals surface area contributed by atoms with E-state index in [9.17, 15) is 19.7 Å². The van der Waals surface area contributed by atoms with Gasteiger partial charge in [-0.25, -0.2) is 4.79 Å². The lowest BCUT2D eigenvalue weighted by Gasteiger charge is -2.44. The molecule has 8 nitrogen and oxygen atoms in total. The van der Waals surface area contributed by atoms with Crippen molar-refractivity contribution >= 4 is 23.3 Å². The highest BCUT2D eigenvalue weighted by Crippen LogP contribution is 2.35. The van der Waals surface area contributed by atoms with E-state index in [0.717, 1.165) is 32.1 Å². The maximum absolute atomic E-state index is 12.7. The van der Waals surface area contributed by atoms with Crippen LogP contribution in [-0.2, 0) is 9.53 Å². The number of nitrogens with zero attached hydrogens (tertiary/aromatic N) is 3. The third-order valence-corrected chi connectivity index (χ3v) is 5.78. The Morgan fingerprint density at radius 2 is 1.93 bits per heavy atom. The topological polar surface area (TPSA) is 93.0 Å². The summed E-state index contributed by atoms with van der Waals surface area (Å²) in [7, 11) is 3.47. The molecule has 8 heteroatoms. The van der Waals surface area contributed by atoms with Crippen molar-refractivity contribution in [2.24, 2.45) is 5.92 Å². The van der Waals surface area contributed by atoms with Crippen LogP contribution in [0.3, 0.4) is 0 Å². The van der Waals surface area contributed by atoms with Crippen LogP contribution in [0.15, 0.2) is 18.2 Å². The van der Waals surface area contributed by atoms with E-state index in [1.165, 1.54) is 24.6 Å². The molecule has 152 valence electrons. The van der Waals surface area contributed by atoms with E-state index in [0.29, 0.717) is 18.2 Å². The number of benzene rings is 1. The fourth-order valence-corrected chi connectivity index (χ4v) is 4.41. The predicted molar refractivity (Wildman–Crippen MR) is 104 cm³/mol. The molecule has 2 fully saturated rings. The number of fused-ring (bicyclic) bond motifs is 1. The predicted octanol–water partition coefficient (Wildman–Crippen LogP) is 3.00. The molecule has 0 aromatic heterocycles. The van der Waals surface area contributed by atoms with Crippen LogP contribution in [0.1, 0.15) is 48.9 Å². The fraction of sp³-hybridized carbons (Fsp3) is 0.600. The minimum absolute atomic E-state index is 0.0844. The van der Waals surface area contributed by atoms with Gasteiger partial charge in [0.25, 0.3) is 11.6 Å². The molecule has 0 spiro atoms. The molecule has 1 saturated carbocycles. The Morgan fingerprint density at radius 3 is 2.64 bits per heavy atom. The second-order valence-electron chi connectivity index (χ2n) is 7.77. The molecule has 2 aliphatic rings. The number of rotatable bonds is 5. The molecule has 0 unspecified atom stereocenters. The zero-order valence-electron chi connectivity index (χ0n) is 16.4. The quantitative estimate of drug-likeness (QED) is 0.437. The highest BCUT2D eigenvalue weighted by atomic mass is 16.6. The minimum Gasteiger partial charge on any atom is -0.452 e. The van der Waals surface area contributed by atoms with Crippen molar-refractivity contribution < 1.29 is 19.2 Å². The van der Waals surface area contributed by atoms with Crippen molar-refractivity contribution in [3.8, 4) is 0 Å². The molecule has 1 aliphatic heterocycles. The molecule has 3 rings (SSSR count). The number of ether oxygens (including phenoxy) is 1. The van der Waals surface area contributed by atoms with Gasteiger partial charge in [0.15, 0.2) is 6.61 Å². The average Bonchev–Trinajstić information content (AvgIpc) is 2.70. The lowest BCUT2D eigenvalue weighted by molar-refractivity contribution is -0.384. The van der Waals surface area contributed by atoms with Gasteiger partial charge in [-0.05, 0) is 37.7 Å². The Labute approximate surface area is 164 Å². The number of likely N-dealkylation sites (tertiary alicyclic amines) is 1. The van der Waals surface area contributed by atoms with Crippen LogP contribution >= 0.6 is 0 Å². The van der Waals surface area contributed by atoms with E-state index in [2.05, 4.69) is 0 Å². The largest absolute Gasteiger partial charge is 0.452 e. The van der Waals surface area contributed by atoms with E-state index in [1.807, 2.05) is 4.90 Å². The second-order valence-corrected chi connectivity index (χ2v) is 7.77. The van der Waals surface area contributed by atoms with E-state index < -0.39 is 10.9 Å². The van der Waals surface area contributed by atoms with Gasteiger partial charge < -0.3 is 14.5 Å². The Kier molecular flexibility index (Phi) is 6.16. The van der Waals surface area contributed by atoms with Crippen molar-refractivity contribution in [2.75, 3.05) is 32.1 Å². The maximum Gasteiger partial charge on any atom is 0.341 e. The standard InChI is InChI=1S/C20H27N3O5/c1-21(2)18-10-9-15(23(26)27)12-16(18)20(25)28-13-19(24)22-11-5-7-14-6-3-4-8-17(14)22/h9-10,12,14,17H,3-8,11,13H2,1-2H3/t14-,17-/m1/s1. The van der Waals surface area contributed by atoms with Gasteiger partial charge in [0, 0.05) is 38.8 Å². The molecule has 1 aromatic carbocycles. The number of amides is 1. The van der Waals surface area contributed by atoms with Gasteiger partial charge in [-0.2, -0.15) is 0 Å². The monoisotopic (exact) mass is 389 g/mol. The maximum atomic E-state index is 12.7. The molecule has 28 heavy (non-hydrogen) atoms. The Morgan fingerprint density at radius 1 is 1.21 bits per heavy atom. The molecular formula is C20H27N3O5. The van der Waals surface area contributed by atoms with Crippen LogP contribution < -0.4 is 4.90 Å². The summed E-state index contributed by atoms with van der Waals surface area (Å²) >= 11 is 0. The number of hydrogen-bond acceptors (Lipinski definition) is 6. The highest BCUT2D eigenvalue weighted by Gasteiger charge is 2.36. The van der Waals surface area contributed by atoms with Crippen molar-refractivity contribution in [3.63, 3.8) is 0 Å². The highest BCUT2D eigenvalue weighted by molar-refractivity contribution is 5.97. The van der Waals surface area contributed by atoms with Crippen LogP contribution in [0.4, 0.5) is 11.4 Å². The Bertz CT molecular complexity index is 762. The lowest BCUT2D eigenvalue weighted by Crippen LogP contribution is -2.50. The Balaban J connectivity index is 1.68. The number of nitro benzene ring substituents is 1. The first kappa shape index (κ1) is 20.1. The normalized spacial score (nSPS) is 21.6. The first-order valence-corrected chi connectivity index (χ1v) is 9.81. The SMILES string of the molecule is CN(C)c1ccc([N+](=O)[O-])cc1C(=O)OCC(=O)N1CCC[C@H]2CCCC[C@H]21. The number of esters is 1. The first-order chi connectivity index (χ1) is 13.4. The van der Waals surface area contributed by atoms with Crippen LogP contribution in [0, 0.1) is 16.0 Å². The van der Waals surface area contributed by atoms with Gasteiger partial charge in [-0.3, -0.25) is 14.9 Å². The summed E-state index contributed by atoms with van der Waals surface area (Å²) in [6, 6.07) is 4.30. The molecular weight excluding hydrogens is 362 g/mol. The zero-order chi connectivity index (χ0) is 20.3. The van der Waals surface area contributed by atoms with E-state index in [1.54, 1.807) is 19.0 Å². The molecule has 1 saturated heterocycles. The Hall–Kier alpha value is -2.64. The van der Waals surface area contributed by atoms with Crippen LogP contribution in [-0.4, -0.2) is 55.0 Å². The van der Waals surface area contributed by atoms with E-state index in [4.69, 9.17) is 4.74 Å². The van der Waals surface area contributed by atoms with Gasteiger partial charge >= 0.3 is 5.97 Å². The van der Waals surface area contributed by atoms with Crippen molar-refractivity contribution in [2.45, 2.75) is 44.6 Å². The molecule has 1 aromatic rings. The fourth-order valence-electron chi connectivity index (χ4n) is 4.41. The number of carbonyl (C=O) groups excluding carboxylic acids is 2. The zero-order valence-corrected chi connectivity index (χ0v) is 16.4. The number of carbonyl (C=O) groups is 2. The van der Waals surface area contributed by atoms with Crippen molar-refractivity contribution in [1.29, 1.82) is 0 Å². The molecule has 1 heterocycles. The number of nitro groups is 1. The number of anilines is 1. The molecule has 1 amide bonds. The summed E-state index contributed by atoms with van der Waals surface area (Å²) in [6.45, 7) is 0.370. The summed E-state index contributed by atoms with van der Waals surface area (Å²) in [4.78, 5) is 39.3. The van der Waals surface area contributed by atoms with Crippen LogP contribution in [0.25, 0.3) is 0 Å².